The number of nitrogens with one attached hydrogen (secondary N) is 2. The smallest absolute Gasteiger partial charge is 0.225 e. The highest BCUT2D eigenvalue weighted by molar-refractivity contribution is 5.89. The van der Waals surface area contributed by atoms with Crippen LogP contribution in [0.3, 0.4) is 0 Å². The molecule has 0 aliphatic carbocycles. The standard InChI is InChI=1S/C15H23N5O2/c1-11(2)9-20-10-12(7-14(20)21)15(22)19-6-5-18-13-8-16-3-4-17-13/h3-4,8,11-12H,5-7,9-10H2,1-2H3,(H,17,18)(H,19,22)/t12-/m1/s1. The minimum Gasteiger partial charge on any atom is -0.367 e. The third-order valence-electron chi connectivity index (χ3n) is 3.46. The summed E-state index contributed by atoms with van der Waals surface area (Å²) in [6.45, 7) is 6.44. The van der Waals surface area contributed by atoms with Crippen LogP contribution < -0.4 is 10.6 Å². The van der Waals surface area contributed by atoms with Crippen LogP contribution >= 0.6 is 0 Å². The first kappa shape index (κ1) is 16.2. The lowest BCUT2D eigenvalue weighted by atomic mass is 10.1. The largest absolute Gasteiger partial charge is 0.367 e. The summed E-state index contributed by atoms with van der Waals surface area (Å²) < 4.78 is 0. The lowest BCUT2D eigenvalue weighted by Crippen LogP contribution is -2.36. The zero-order valence-corrected chi connectivity index (χ0v) is 13.1. The van der Waals surface area contributed by atoms with Crippen molar-refractivity contribution >= 4 is 17.6 Å². The van der Waals surface area contributed by atoms with E-state index < -0.39 is 0 Å². The molecule has 2 amide bonds. The fourth-order valence-electron chi connectivity index (χ4n) is 2.48. The number of carbonyl (C=O) groups is 2. The number of anilines is 1. The molecule has 1 atom stereocenters. The summed E-state index contributed by atoms with van der Waals surface area (Å²) in [5.74, 6) is 0.882. The molecule has 7 nitrogen and oxygen atoms in total. The normalized spacial score (nSPS) is 17.9. The van der Waals surface area contributed by atoms with Gasteiger partial charge in [-0.3, -0.25) is 14.6 Å². The van der Waals surface area contributed by atoms with Crippen LogP contribution in [0.15, 0.2) is 18.6 Å². The van der Waals surface area contributed by atoms with Gasteiger partial charge in [0, 0.05) is 45.0 Å². The average Bonchev–Trinajstić information content (AvgIpc) is 2.85. The van der Waals surface area contributed by atoms with Gasteiger partial charge in [-0.25, -0.2) is 4.98 Å². The SMILES string of the molecule is CC(C)CN1C[C@H](C(=O)NCCNc2cnccn2)CC1=O. The maximum absolute atomic E-state index is 12.1. The van der Waals surface area contributed by atoms with Gasteiger partial charge in [-0.15, -0.1) is 0 Å². The molecule has 2 N–H and O–H groups in total. The summed E-state index contributed by atoms with van der Waals surface area (Å²) in [7, 11) is 0. The number of hydrogen-bond acceptors (Lipinski definition) is 5. The van der Waals surface area contributed by atoms with Gasteiger partial charge < -0.3 is 15.5 Å². The lowest BCUT2D eigenvalue weighted by molar-refractivity contribution is -0.129. The predicted octanol–water partition coefficient (Wildman–Crippen LogP) is 0.509. The molecule has 0 saturated carbocycles. The van der Waals surface area contributed by atoms with E-state index in [-0.39, 0.29) is 17.7 Å². The summed E-state index contributed by atoms with van der Waals surface area (Å²) in [4.78, 5) is 33.8. The number of carbonyl (C=O) groups excluding carboxylic acids is 2. The molecule has 1 aliphatic rings. The molecule has 1 fully saturated rings. The first-order chi connectivity index (χ1) is 10.6. The minimum atomic E-state index is -0.234. The van der Waals surface area contributed by atoms with Crippen molar-refractivity contribution in [1.29, 1.82) is 0 Å². The number of nitrogens with zero attached hydrogens (tertiary/aromatic N) is 3. The maximum Gasteiger partial charge on any atom is 0.225 e. The van der Waals surface area contributed by atoms with E-state index in [1.165, 1.54) is 0 Å². The molecule has 2 rings (SSSR count). The van der Waals surface area contributed by atoms with E-state index in [4.69, 9.17) is 0 Å². The molecule has 7 heteroatoms. The van der Waals surface area contributed by atoms with Crippen LogP contribution in [-0.2, 0) is 9.59 Å². The molecule has 1 saturated heterocycles. The van der Waals surface area contributed by atoms with Gasteiger partial charge in [0.2, 0.25) is 11.8 Å². The average molecular weight is 305 g/mol. The summed E-state index contributed by atoms with van der Waals surface area (Å²) in [6, 6.07) is 0. The van der Waals surface area contributed by atoms with Gasteiger partial charge in [0.1, 0.15) is 5.82 Å². The van der Waals surface area contributed by atoms with Gasteiger partial charge in [0.25, 0.3) is 0 Å². The zero-order valence-electron chi connectivity index (χ0n) is 13.1. The molecule has 1 aromatic heterocycles. The molecule has 120 valence electrons. The Bertz CT molecular complexity index is 506. The molecule has 2 heterocycles. The Morgan fingerprint density at radius 3 is 2.91 bits per heavy atom. The van der Waals surface area contributed by atoms with E-state index in [1.54, 1.807) is 23.5 Å². The molecule has 1 aromatic rings. The number of rotatable bonds is 7. The predicted molar refractivity (Wildman–Crippen MR) is 83.1 cm³/mol. The van der Waals surface area contributed by atoms with Crippen molar-refractivity contribution in [2.75, 3.05) is 31.5 Å². The Morgan fingerprint density at radius 2 is 2.23 bits per heavy atom. The van der Waals surface area contributed by atoms with Crippen LogP contribution in [0.4, 0.5) is 5.82 Å². The highest BCUT2D eigenvalue weighted by atomic mass is 16.2. The second-order valence-corrected chi connectivity index (χ2v) is 5.90. The van der Waals surface area contributed by atoms with Gasteiger partial charge in [0.15, 0.2) is 0 Å². The second kappa shape index (κ2) is 7.72. The molecular weight excluding hydrogens is 282 g/mol. The van der Waals surface area contributed by atoms with E-state index in [9.17, 15) is 9.59 Å². The van der Waals surface area contributed by atoms with Gasteiger partial charge in [-0.05, 0) is 5.92 Å². The quantitative estimate of drug-likeness (QED) is 0.717. The molecule has 0 spiro atoms. The van der Waals surface area contributed by atoms with E-state index in [0.717, 1.165) is 6.54 Å². The highest BCUT2D eigenvalue weighted by Gasteiger charge is 2.34. The fraction of sp³-hybridized carbons (Fsp3) is 0.600. The van der Waals surface area contributed by atoms with Crippen LogP contribution in [0.1, 0.15) is 20.3 Å². The van der Waals surface area contributed by atoms with Crippen molar-refractivity contribution < 1.29 is 9.59 Å². The molecule has 0 bridgehead atoms. The Hall–Kier alpha value is -2.18. The summed E-state index contributed by atoms with van der Waals surface area (Å²) in [6.07, 6.45) is 5.15. The molecule has 22 heavy (non-hydrogen) atoms. The fourth-order valence-corrected chi connectivity index (χ4v) is 2.48. The van der Waals surface area contributed by atoms with E-state index in [2.05, 4.69) is 34.4 Å². The monoisotopic (exact) mass is 305 g/mol. The van der Waals surface area contributed by atoms with Crippen molar-refractivity contribution in [1.82, 2.24) is 20.2 Å². The first-order valence-electron chi connectivity index (χ1n) is 7.61. The van der Waals surface area contributed by atoms with Crippen LogP contribution in [0.25, 0.3) is 0 Å². The van der Waals surface area contributed by atoms with Crippen LogP contribution in [0.5, 0.6) is 0 Å². The summed E-state index contributed by atoms with van der Waals surface area (Å²) in [5.41, 5.74) is 0. The Balaban J connectivity index is 1.68. The third-order valence-corrected chi connectivity index (χ3v) is 3.46. The molecule has 0 radical (unpaired) electrons. The Kier molecular flexibility index (Phi) is 5.68. The van der Waals surface area contributed by atoms with Crippen molar-refractivity contribution in [3.05, 3.63) is 18.6 Å². The Labute approximate surface area is 130 Å². The van der Waals surface area contributed by atoms with Crippen molar-refractivity contribution in [3.63, 3.8) is 0 Å². The van der Waals surface area contributed by atoms with E-state index in [1.807, 2.05) is 0 Å². The summed E-state index contributed by atoms with van der Waals surface area (Å²) >= 11 is 0. The highest BCUT2D eigenvalue weighted by Crippen LogP contribution is 2.19. The topological polar surface area (TPSA) is 87.2 Å². The minimum absolute atomic E-state index is 0.0550. The van der Waals surface area contributed by atoms with Gasteiger partial charge in [-0.1, -0.05) is 13.8 Å². The molecule has 0 aromatic carbocycles. The first-order valence-corrected chi connectivity index (χ1v) is 7.61. The molecule has 0 unspecified atom stereocenters. The van der Waals surface area contributed by atoms with Gasteiger partial charge >= 0.3 is 0 Å². The van der Waals surface area contributed by atoms with Crippen LogP contribution in [0.2, 0.25) is 0 Å². The number of likely N-dealkylation sites (tertiary alicyclic amines) is 1. The maximum atomic E-state index is 12.1. The van der Waals surface area contributed by atoms with E-state index >= 15 is 0 Å². The second-order valence-electron chi connectivity index (χ2n) is 5.90. The number of amides is 2. The van der Waals surface area contributed by atoms with E-state index in [0.29, 0.717) is 37.8 Å². The van der Waals surface area contributed by atoms with Crippen LogP contribution in [-0.4, -0.2) is 52.9 Å². The lowest BCUT2D eigenvalue weighted by Gasteiger charge is -2.18. The zero-order chi connectivity index (χ0) is 15.9. The van der Waals surface area contributed by atoms with Gasteiger partial charge in [-0.2, -0.15) is 0 Å². The molecular formula is C15H23N5O2. The summed E-state index contributed by atoms with van der Waals surface area (Å²) in [5, 5.41) is 5.93. The third kappa shape index (κ3) is 4.68. The van der Waals surface area contributed by atoms with Crippen molar-refractivity contribution in [2.24, 2.45) is 11.8 Å². The number of hydrogen-bond donors (Lipinski definition) is 2. The van der Waals surface area contributed by atoms with Crippen LogP contribution in [0, 0.1) is 11.8 Å². The molecule has 1 aliphatic heterocycles. The Morgan fingerprint density at radius 1 is 1.41 bits per heavy atom. The van der Waals surface area contributed by atoms with Crippen molar-refractivity contribution in [2.45, 2.75) is 20.3 Å². The number of aromatic nitrogens is 2. The van der Waals surface area contributed by atoms with Crippen molar-refractivity contribution in [3.8, 4) is 0 Å². The van der Waals surface area contributed by atoms with Gasteiger partial charge in [0.05, 0.1) is 12.1 Å².